The fraction of sp³-hybridized carbons (Fsp3) is 0.591. The highest BCUT2D eigenvalue weighted by atomic mass is 32.1. The van der Waals surface area contributed by atoms with Gasteiger partial charge in [-0.15, -0.1) is 5.10 Å². The molecule has 4 rings (SSSR count). The number of rotatable bonds is 4. The van der Waals surface area contributed by atoms with Crippen LogP contribution in [0.25, 0.3) is 11.5 Å². The highest BCUT2D eigenvalue weighted by Crippen LogP contribution is 2.21. The van der Waals surface area contributed by atoms with Crippen molar-refractivity contribution in [3.05, 3.63) is 34.7 Å². The lowest BCUT2D eigenvalue weighted by Gasteiger charge is -2.31. The van der Waals surface area contributed by atoms with Crippen LogP contribution < -0.4 is 4.90 Å². The first-order chi connectivity index (χ1) is 14.1. The minimum atomic E-state index is 0.185. The summed E-state index contributed by atoms with van der Waals surface area (Å²) >= 11 is 5.41. The van der Waals surface area contributed by atoms with Crippen LogP contribution in [0.1, 0.15) is 44.1 Å². The van der Waals surface area contributed by atoms with Crippen LogP contribution in [0.3, 0.4) is 0 Å². The minimum Gasteiger partial charge on any atom is -0.409 e. The Labute approximate surface area is 177 Å². The largest absolute Gasteiger partial charge is 0.409 e. The molecule has 0 bridgehead atoms. The fourth-order valence-corrected chi connectivity index (χ4v) is 4.70. The van der Waals surface area contributed by atoms with Gasteiger partial charge in [0.2, 0.25) is 11.8 Å². The molecule has 1 aromatic heterocycles. The van der Waals surface area contributed by atoms with Crippen molar-refractivity contribution in [2.75, 3.05) is 26.2 Å². The average molecular weight is 416 g/mol. The van der Waals surface area contributed by atoms with Gasteiger partial charge in [-0.05, 0) is 43.6 Å². The van der Waals surface area contributed by atoms with Crippen LogP contribution in [0, 0.1) is 17.7 Å². The molecule has 0 radical (unpaired) electrons. The first-order valence-electron chi connectivity index (χ1n) is 10.9. The summed E-state index contributed by atoms with van der Waals surface area (Å²) in [6.45, 7) is 6.57. The van der Waals surface area contributed by atoms with Gasteiger partial charge in [-0.3, -0.25) is 4.79 Å². The molecule has 0 atom stereocenters. The van der Waals surface area contributed by atoms with Gasteiger partial charge in [0, 0.05) is 37.4 Å². The third kappa shape index (κ3) is 4.78. The van der Waals surface area contributed by atoms with Crippen molar-refractivity contribution < 1.29 is 14.1 Å². The molecule has 2 saturated heterocycles. The molecule has 0 aliphatic carbocycles. The summed E-state index contributed by atoms with van der Waals surface area (Å²) in [4.78, 5) is 16.8. The van der Waals surface area contributed by atoms with Gasteiger partial charge in [0.05, 0.1) is 13.1 Å². The smallest absolute Gasteiger partial charge is 0.292 e. The van der Waals surface area contributed by atoms with Gasteiger partial charge in [-0.25, -0.2) is 0 Å². The molecular formula is C22H31N4O2S+. The van der Waals surface area contributed by atoms with E-state index in [1.54, 1.807) is 4.68 Å². The molecule has 29 heavy (non-hydrogen) atoms. The average Bonchev–Trinajstić information content (AvgIpc) is 2.93. The Kier molecular flexibility index (Phi) is 6.45. The second-order valence-electron chi connectivity index (χ2n) is 8.41. The van der Waals surface area contributed by atoms with E-state index < -0.39 is 0 Å². The van der Waals surface area contributed by atoms with Gasteiger partial charge in [0.25, 0.3) is 4.84 Å². The Morgan fingerprint density at radius 1 is 1.17 bits per heavy atom. The molecule has 1 aromatic carbocycles. The fourth-order valence-electron chi connectivity index (χ4n) is 4.52. The number of aryl methyl sites for hydroxylation is 1. The van der Waals surface area contributed by atoms with Crippen molar-refractivity contribution >= 4 is 18.1 Å². The number of carbonyl (C=O) groups excluding carboxylic acids is 1. The predicted octanol–water partition coefficient (Wildman–Crippen LogP) is 2.84. The van der Waals surface area contributed by atoms with E-state index in [1.807, 2.05) is 31.2 Å². The maximum absolute atomic E-state index is 12.9. The number of benzene rings is 1. The van der Waals surface area contributed by atoms with Crippen molar-refractivity contribution in [1.29, 1.82) is 0 Å². The molecule has 2 aliphatic heterocycles. The highest BCUT2D eigenvalue weighted by Gasteiger charge is 2.31. The van der Waals surface area contributed by atoms with Crippen molar-refractivity contribution in [3.63, 3.8) is 0 Å². The number of carbonyl (C=O) groups is 1. The lowest BCUT2D eigenvalue weighted by atomic mass is 9.95. The van der Waals surface area contributed by atoms with E-state index >= 15 is 0 Å². The zero-order chi connectivity index (χ0) is 20.2. The summed E-state index contributed by atoms with van der Waals surface area (Å²) in [5.41, 5.74) is 2.10. The molecule has 7 heteroatoms. The first kappa shape index (κ1) is 20.3. The van der Waals surface area contributed by atoms with Gasteiger partial charge in [-0.2, -0.15) is 4.68 Å². The zero-order valence-electron chi connectivity index (χ0n) is 17.2. The molecule has 156 valence electrons. The second kappa shape index (κ2) is 9.22. The van der Waals surface area contributed by atoms with Gasteiger partial charge in [0.15, 0.2) is 6.67 Å². The monoisotopic (exact) mass is 415 g/mol. The van der Waals surface area contributed by atoms with Gasteiger partial charge >= 0.3 is 0 Å². The van der Waals surface area contributed by atoms with Crippen LogP contribution in [0.4, 0.5) is 0 Å². The molecule has 3 heterocycles. The van der Waals surface area contributed by atoms with Crippen LogP contribution in [0.5, 0.6) is 0 Å². The van der Waals surface area contributed by atoms with Crippen LogP contribution in [0.2, 0.25) is 0 Å². The molecule has 1 N–H and O–H groups in total. The molecular weight excluding hydrogens is 384 g/mol. The number of nitrogens with zero attached hydrogens (tertiary/aromatic N) is 3. The van der Waals surface area contributed by atoms with Gasteiger partial charge in [0.1, 0.15) is 0 Å². The molecule has 2 fully saturated rings. The maximum Gasteiger partial charge on any atom is 0.292 e. The second-order valence-corrected chi connectivity index (χ2v) is 8.76. The lowest BCUT2D eigenvalue weighted by molar-refractivity contribution is -0.929. The topological polar surface area (TPSA) is 55.7 Å². The molecule has 6 nitrogen and oxygen atoms in total. The van der Waals surface area contributed by atoms with E-state index in [9.17, 15) is 4.79 Å². The lowest BCUT2D eigenvalue weighted by Crippen LogP contribution is -3.12. The number of hydrogen-bond acceptors (Lipinski definition) is 4. The summed E-state index contributed by atoms with van der Waals surface area (Å²) in [6, 6.07) is 8.04. The minimum absolute atomic E-state index is 0.185. The van der Waals surface area contributed by atoms with Crippen LogP contribution >= 0.6 is 12.2 Å². The number of hydrogen-bond donors (Lipinski definition) is 1. The standard InChI is InChI=1S/C22H30N4O2S/c1-17-8-4-5-9-19(17)20-23-26(22(29)28-20)16-24-14-10-18(11-15-24)21(27)25-12-6-2-3-7-13-25/h4-5,8-9,18H,2-3,6-7,10-16H2,1H3/p+1. The Morgan fingerprint density at radius 2 is 1.86 bits per heavy atom. The Bertz CT molecular complexity index is 890. The molecule has 1 amide bonds. The zero-order valence-corrected chi connectivity index (χ0v) is 18.0. The molecule has 0 unspecified atom stereocenters. The van der Waals surface area contributed by atoms with E-state index in [0.717, 1.165) is 63.0 Å². The summed E-state index contributed by atoms with van der Waals surface area (Å²) in [6.07, 6.45) is 6.72. The number of aromatic nitrogens is 2. The van der Waals surface area contributed by atoms with Gasteiger partial charge < -0.3 is 14.2 Å². The molecule has 2 aromatic rings. The number of nitrogens with one attached hydrogen (secondary N) is 1. The van der Waals surface area contributed by atoms with Crippen molar-refractivity contribution in [2.45, 2.75) is 52.1 Å². The van der Waals surface area contributed by atoms with Crippen LogP contribution in [-0.4, -0.2) is 46.8 Å². The predicted molar refractivity (Wildman–Crippen MR) is 114 cm³/mol. The molecule has 0 spiro atoms. The third-order valence-corrected chi connectivity index (χ3v) is 6.61. The van der Waals surface area contributed by atoms with E-state index in [1.165, 1.54) is 17.7 Å². The normalized spacial score (nSPS) is 23.0. The van der Waals surface area contributed by atoms with Crippen molar-refractivity contribution in [2.24, 2.45) is 5.92 Å². The van der Waals surface area contributed by atoms with E-state index in [4.69, 9.17) is 16.6 Å². The third-order valence-electron chi connectivity index (χ3n) is 6.31. The molecule has 2 aliphatic rings. The SMILES string of the molecule is Cc1ccccc1-c1nn(C[NH+]2CCC(C(=O)N3CCCCCC3)CC2)c(=S)o1. The van der Waals surface area contributed by atoms with Crippen LogP contribution in [-0.2, 0) is 11.5 Å². The highest BCUT2D eigenvalue weighted by molar-refractivity contribution is 7.71. The first-order valence-corrected chi connectivity index (χ1v) is 11.3. The van der Waals surface area contributed by atoms with Crippen molar-refractivity contribution in [3.8, 4) is 11.5 Å². The maximum atomic E-state index is 12.9. The quantitative estimate of drug-likeness (QED) is 0.781. The summed E-state index contributed by atoms with van der Waals surface area (Å²) in [5.74, 6) is 1.15. The van der Waals surface area contributed by atoms with Crippen LogP contribution in [0.15, 0.2) is 28.7 Å². The summed E-state index contributed by atoms with van der Waals surface area (Å²) in [7, 11) is 0. The Balaban J connectivity index is 1.35. The summed E-state index contributed by atoms with van der Waals surface area (Å²) in [5, 5.41) is 4.62. The number of amides is 1. The van der Waals surface area contributed by atoms with Crippen molar-refractivity contribution in [1.82, 2.24) is 14.7 Å². The van der Waals surface area contributed by atoms with E-state index in [0.29, 0.717) is 23.3 Å². The van der Waals surface area contributed by atoms with E-state index in [-0.39, 0.29) is 5.92 Å². The Hall–Kier alpha value is -1.99. The van der Waals surface area contributed by atoms with E-state index in [2.05, 4.69) is 10.00 Å². The van der Waals surface area contributed by atoms with Gasteiger partial charge in [-0.1, -0.05) is 31.0 Å². The number of piperidine rings is 1. The number of quaternary nitrogens is 1. The molecule has 0 saturated carbocycles. The number of likely N-dealkylation sites (tertiary alicyclic amines) is 2. The Morgan fingerprint density at radius 3 is 2.55 bits per heavy atom. The summed E-state index contributed by atoms with van der Waals surface area (Å²) < 4.78 is 7.56.